The maximum atomic E-state index is 12.8. The number of anilines is 1. The fourth-order valence-corrected chi connectivity index (χ4v) is 3.58. The lowest BCUT2D eigenvalue weighted by molar-refractivity contribution is -0.111. The number of hydrogen-bond acceptors (Lipinski definition) is 7. The van der Waals surface area contributed by atoms with Gasteiger partial charge in [-0.2, -0.15) is 9.78 Å². The second-order valence-corrected chi connectivity index (χ2v) is 7.55. The summed E-state index contributed by atoms with van der Waals surface area (Å²) in [7, 11) is 3.10. The summed E-state index contributed by atoms with van der Waals surface area (Å²) in [4.78, 5) is 32.5. The van der Waals surface area contributed by atoms with Crippen LogP contribution in [0.4, 0.5) is 5.82 Å². The molecule has 3 aromatic heterocycles. The van der Waals surface area contributed by atoms with Gasteiger partial charge in [0, 0.05) is 23.4 Å². The molecule has 10 heteroatoms. The number of carbonyl (C=O) groups is 1. The number of aryl methyl sites for hydroxylation is 1. The summed E-state index contributed by atoms with van der Waals surface area (Å²) in [6, 6.07) is 10.4. The summed E-state index contributed by atoms with van der Waals surface area (Å²) in [6.07, 6.45) is 5.10. The first-order chi connectivity index (χ1) is 16.9. The largest absolute Gasteiger partial charge is 0.493 e. The van der Waals surface area contributed by atoms with E-state index in [1.165, 1.54) is 17.0 Å². The fourth-order valence-electron chi connectivity index (χ4n) is 3.58. The van der Waals surface area contributed by atoms with E-state index in [1.54, 1.807) is 63.6 Å². The van der Waals surface area contributed by atoms with E-state index < -0.39 is 5.91 Å². The van der Waals surface area contributed by atoms with Crippen molar-refractivity contribution in [2.24, 2.45) is 0 Å². The molecule has 0 spiro atoms. The van der Waals surface area contributed by atoms with Crippen molar-refractivity contribution in [3.63, 3.8) is 0 Å². The van der Waals surface area contributed by atoms with Gasteiger partial charge in [-0.15, -0.1) is 0 Å². The summed E-state index contributed by atoms with van der Waals surface area (Å²) >= 11 is 0. The minimum atomic E-state index is -0.406. The number of benzene rings is 1. The number of hydrogen-bond donors (Lipinski definition) is 2. The number of furan rings is 1. The van der Waals surface area contributed by atoms with E-state index in [0.29, 0.717) is 46.4 Å². The molecule has 10 nitrogen and oxygen atoms in total. The van der Waals surface area contributed by atoms with E-state index in [0.717, 1.165) is 5.56 Å². The van der Waals surface area contributed by atoms with Crippen molar-refractivity contribution in [1.82, 2.24) is 19.7 Å². The zero-order valence-electron chi connectivity index (χ0n) is 19.8. The molecule has 0 unspecified atom stereocenters. The molecule has 0 radical (unpaired) electrons. The van der Waals surface area contributed by atoms with Crippen molar-refractivity contribution in [1.29, 1.82) is 0 Å². The van der Waals surface area contributed by atoms with Crippen LogP contribution < -0.4 is 20.3 Å². The van der Waals surface area contributed by atoms with Gasteiger partial charge < -0.3 is 19.2 Å². The summed E-state index contributed by atoms with van der Waals surface area (Å²) in [6.45, 7) is 3.65. The predicted octanol–water partition coefficient (Wildman–Crippen LogP) is 3.76. The molecule has 0 bridgehead atoms. The van der Waals surface area contributed by atoms with Crippen LogP contribution >= 0.6 is 0 Å². The number of amides is 1. The molecule has 0 aliphatic heterocycles. The Morgan fingerprint density at radius 2 is 2.00 bits per heavy atom. The molecule has 4 rings (SSSR count). The smallest absolute Gasteiger partial charge is 0.255 e. The van der Waals surface area contributed by atoms with Crippen molar-refractivity contribution in [3.8, 4) is 28.9 Å². The average Bonchev–Trinajstić information content (AvgIpc) is 3.52. The first-order valence-electron chi connectivity index (χ1n) is 10.9. The molecule has 2 N–H and O–H groups in total. The van der Waals surface area contributed by atoms with Crippen molar-refractivity contribution in [2.75, 3.05) is 19.5 Å². The summed E-state index contributed by atoms with van der Waals surface area (Å²) in [5, 5.41) is 7.29. The number of nitrogens with zero attached hydrogens (tertiary/aromatic N) is 3. The zero-order chi connectivity index (χ0) is 24.9. The minimum Gasteiger partial charge on any atom is -0.493 e. The standard InChI is InChI=1S/C25H25N5O5/c1-5-17-15(2)26-25(28-24(17)32)30-22(14-18(29-30)19-7-6-12-35-19)27-23(31)11-9-16-8-10-20(33-3)21(13-16)34-4/h6-14H,5H2,1-4H3,(H,27,31)(H,26,28,32)/b11-9-. The van der Waals surface area contributed by atoms with Gasteiger partial charge in [0.1, 0.15) is 11.5 Å². The Bertz CT molecular complexity index is 1430. The van der Waals surface area contributed by atoms with E-state index in [-0.39, 0.29) is 11.5 Å². The van der Waals surface area contributed by atoms with Crippen molar-refractivity contribution in [3.05, 3.63) is 75.9 Å². The molecule has 0 fully saturated rings. The average molecular weight is 476 g/mol. The number of rotatable bonds is 8. The molecule has 3 heterocycles. The van der Waals surface area contributed by atoms with E-state index in [2.05, 4.69) is 20.4 Å². The molecule has 4 aromatic rings. The number of methoxy groups -OCH3 is 2. The fraction of sp³-hybridized carbons (Fsp3) is 0.200. The number of nitrogens with one attached hydrogen (secondary N) is 2. The van der Waals surface area contributed by atoms with Crippen LogP contribution in [0.2, 0.25) is 0 Å². The highest BCUT2D eigenvalue weighted by Crippen LogP contribution is 2.28. The van der Waals surface area contributed by atoms with E-state index >= 15 is 0 Å². The summed E-state index contributed by atoms with van der Waals surface area (Å²) in [5.74, 6) is 1.74. The van der Waals surface area contributed by atoms with Gasteiger partial charge in [-0.05, 0) is 49.2 Å². The normalized spacial score (nSPS) is 11.1. The number of aromatic amines is 1. The number of carbonyl (C=O) groups excluding carboxylic acids is 1. The monoisotopic (exact) mass is 475 g/mol. The number of aromatic nitrogens is 4. The lowest BCUT2D eigenvalue weighted by Gasteiger charge is -2.09. The van der Waals surface area contributed by atoms with Gasteiger partial charge in [0.2, 0.25) is 11.9 Å². The Hall–Kier alpha value is -4.60. The third-order valence-corrected chi connectivity index (χ3v) is 5.33. The van der Waals surface area contributed by atoms with Gasteiger partial charge in [-0.3, -0.25) is 14.6 Å². The number of ether oxygens (including phenoxy) is 2. The Morgan fingerprint density at radius 3 is 2.66 bits per heavy atom. The Morgan fingerprint density at radius 1 is 1.20 bits per heavy atom. The van der Waals surface area contributed by atoms with Crippen LogP contribution in [0, 0.1) is 6.92 Å². The quantitative estimate of drug-likeness (QED) is 0.372. The maximum Gasteiger partial charge on any atom is 0.255 e. The first kappa shape index (κ1) is 23.6. The predicted molar refractivity (Wildman–Crippen MR) is 131 cm³/mol. The van der Waals surface area contributed by atoms with Crippen molar-refractivity contribution >= 4 is 17.8 Å². The molecule has 0 atom stereocenters. The highest BCUT2D eigenvalue weighted by atomic mass is 16.5. The summed E-state index contributed by atoms with van der Waals surface area (Å²) < 4.78 is 17.4. The third-order valence-electron chi connectivity index (χ3n) is 5.33. The number of H-pyrrole nitrogens is 1. The van der Waals surface area contributed by atoms with Gasteiger partial charge in [-0.25, -0.2) is 4.98 Å². The van der Waals surface area contributed by atoms with Crippen LogP contribution in [0.15, 0.2) is 57.9 Å². The topological polar surface area (TPSA) is 124 Å². The van der Waals surface area contributed by atoms with Crippen LogP contribution in [0.25, 0.3) is 23.5 Å². The zero-order valence-corrected chi connectivity index (χ0v) is 19.8. The van der Waals surface area contributed by atoms with Crippen LogP contribution in [0.3, 0.4) is 0 Å². The molecule has 35 heavy (non-hydrogen) atoms. The van der Waals surface area contributed by atoms with Gasteiger partial charge in [0.05, 0.1) is 20.5 Å². The van der Waals surface area contributed by atoms with Crippen molar-refractivity contribution < 1.29 is 18.7 Å². The van der Waals surface area contributed by atoms with E-state index in [9.17, 15) is 9.59 Å². The molecular weight excluding hydrogens is 450 g/mol. The molecule has 0 aliphatic carbocycles. The second-order valence-electron chi connectivity index (χ2n) is 7.55. The molecule has 0 aliphatic rings. The van der Waals surface area contributed by atoms with Crippen LogP contribution in [0.1, 0.15) is 23.7 Å². The molecule has 180 valence electrons. The second kappa shape index (κ2) is 10.1. The van der Waals surface area contributed by atoms with Crippen LogP contribution in [0.5, 0.6) is 11.5 Å². The third kappa shape index (κ3) is 5.01. The van der Waals surface area contributed by atoms with Crippen molar-refractivity contribution in [2.45, 2.75) is 20.3 Å². The Balaban J connectivity index is 1.66. The van der Waals surface area contributed by atoms with Gasteiger partial charge >= 0.3 is 0 Å². The van der Waals surface area contributed by atoms with Gasteiger partial charge in [-0.1, -0.05) is 13.0 Å². The SMILES string of the molecule is CCc1c(C)nc(-n2nc(-c3ccco3)cc2NC(=O)/C=C\c2ccc(OC)c(OC)c2)[nH]c1=O. The van der Waals surface area contributed by atoms with E-state index in [1.807, 2.05) is 6.92 Å². The Labute approximate surface area is 201 Å². The lowest BCUT2D eigenvalue weighted by atomic mass is 10.2. The Kier molecular flexibility index (Phi) is 6.81. The molecule has 1 amide bonds. The molecule has 1 aromatic carbocycles. The van der Waals surface area contributed by atoms with Crippen LogP contribution in [-0.2, 0) is 11.2 Å². The molecule has 0 saturated heterocycles. The lowest BCUT2D eigenvalue weighted by Crippen LogP contribution is -2.21. The summed E-state index contributed by atoms with van der Waals surface area (Å²) in [5.41, 5.74) is 2.14. The van der Waals surface area contributed by atoms with Gasteiger partial charge in [0.25, 0.3) is 5.56 Å². The van der Waals surface area contributed by atoms with E-state index in [4.69, 9.17) is 13.9 Å². The maximum absolute atomic E-state index is 12.8. The molecular formula is C25H25N5O5. The highest BCUT2D eigenvalue weighted by molar-refractivity contribution is 6.01. The van der Waals surface area contributed by atoms with Crippen LogP contribution in [-0.4, -0.2) is 39.9 Å². The molecule has 0 saturated carbocycles. The first-order valence-corrected chi connectivity index (χ1v) is 10.9. The highest BCUT2D eigenvalue weighted by Gasteiger charge is 2.17. The van der Waals surface area contributed by atoms with Gasteiger partial charge in [0.15, 0.2) is 17.3 Å². The minimum absolute atomic E-state index is 0.182.